The monoisotopic (exact) mass is 285 g/mol. The Balaban J connectivity index is 1.78. The Hall–Kier alpha value is -2.21. The summed E-state index contributed by atoms with van der Waals surface area (Å²) in [7, 11) is 1.66. The maximum Gasteiger partial charge on any atom is 0.176 e. The number of ether oxygens (including phenoxy) is 1. The fourth-order valence-corrected chi connectivity index (χ4v) is 2.46. The van der Waals surface area contributed by atoms with Gasteiger partial charge in [-0.1, -0.05) is 12.1 Å². The molecule has 0 aliphatic carbocycles. The summed E-state index contributed by atoms with van der Waals surface area (Å²) in [6.45, 7) is 4.18. The Morgan fingerprint density at radius 3 is 2.90 bits per heavy atom. The Labute approximate surface area is 123 Å². The van der Waals surface area contributed by atoms with E-state index >= 15 is 0 Å². The Morgan fingerprint density at radius 2 is 2.10 bits per heavy atom. The summed E-state index contributed by atoms with van der Waals surface area (Å²) in [6, 6.07) is 8.15. The van der Waals surface area contributed by atoms with Gasteiger partial charge in [-0.15, -0.1) is 0 Å². The SMILES string of the molecule is CCn1nc(COC)nc1CCn1cnc2ccccc21. The van der Waals surface area contributed by atoms with Crippen LogP contribution in [0.5, 0.6) is 0 Å². The molecule has 0 aliphatic heterocycles. The van der Waals surface area contributed by atoms with E-state index < -0.39 is 0 Å². The van der Waals surface area contributed by atoms with Gasteiger partial charge in [0.1, 0.15) is 12.4 Å². The summed E-state index contributed by atoms with van der Waals surface area (Å²) >= 11 is 0. The standard InChI is InChI=1S/C15H19N5O/c1-3-20-15(17-14(18-20)10-21-2)8-9-19-11-16-12-6-4-5-7-13(12)19/h4-7,11H,3,8-10H2,1-2H3. The van der Waals surface area contributed by atoms with Crippen LogP contribution < -0.4 is 0 Å². The van der Waals surface area contributed by atoms with E-state index in [9.17, 15) is 0 Å². The smallest absolute Gasteiger partial charge is 0.176 e. The van der Waals surface area contributed by atoms with E-state index in [1.807, 2.05) is 29.2 Å². The summed E-state index contributed by atoms with van der Waals surface area (Å²) in [4.78, 5) is 8.95. The lowest BCUT2D eigenvalue weighted by Gasteiger charge is -2.05. The predicted octanol–water partition coefficient (Wildman–Crippen LogP) is 2.04. The van der Waals surface area contributed by atoms with E-state index in [1.165, 1.54) is 0 Å². The molecular formula is C15H19N5O. The minimum absolute atomic E-state index is 0.452. The van der Waals surface area contributed by atoms with Gasteiger partial charge in [0, 0.05) is 26.6 Å². The predicted molar refractivity (Wildman–Crippen MR) is 79.8 cm³/mol. The molecule has 0 atom stereocenters. The highest BCUT2D eigenvalue weighted by Crippen LogP contribution is 2.12. The lowest BCUT2D eigenvalue weighted by atomic mass is 10.3. The molecule has 3 aromatic rings. The molecule has 6 heteroatoms. The first-order valence-electron chi connectivity index (χ1n) is 7.13. The van der Waals surface area contributed by atoms with Crippen LogP contribution in [-0.2, 0) is 30.9 Å². The maximum atomic E-state index is 5.10. The van der Waals surface area contributed by atoms with E-state index in [0.29, 0.717) is 6.61 Å². The van der Waals surface area contributed by atoms with Crippen molar-refractivity contribution >= 4 is 11.0 Å². The Morgan fingerprint density at radius 1 is 1.24 bits per heavy atom. The maximum absolute atomic E-state index is 5.10. The fourth-order valence-electron chi connectivity index (χ4n) is 2.46. The zero-order valence-corrected chi connectivity index (χ0v) is 12.4. The number of aromatic nitrogens is 5. The van der Waals surface area contributed by atoms with Crippen molar-refractivity contribution in [1.82, 2.24) is 24.3 Å². The molecule has 0 spiro atoms. The van der Waals surface area contributed by atoms with Crippen molar-refractivity contribution in [2.24, 2.45) is 0 Å². The summed E-state index contributed by atoms with van der Waals surface area (Å²) < 4.78 is 9.19. The quantitative estimate of drug-likeness (QED) is 0.695. The van der Waals surface area contributed by atoms with E-state index in [0.717, 1.165) is 42.2 Å². The van der Waals surface area contributed by atoms with Gasteiger partial charge in [0.15, 0.2) is 5.82 Å². The van der Waals surface area contributed by atoms with Crippen LogP contribution in [0.2, 0.25) is 0 Å². The highest BCUT2D eigenvalue weighted by atomic mass is 16.5. The van der Waals surface area contributed by atoms with Crippen LogP contribution in [0.4, 0.5) is 0 Å². The van der Waals surface area contributed by atoms with Crippen LogP contribution >= 0.6 is 0 Å². The second-order valence-electron chi connectivity index (χ2n) is 4.87. The zero-order chi connectivity index (χ0) is 14.7. The Bertz CT molecular complexity index is 731. The van der Waals surface area contributed by atoms with Crippen LogP contribution in [0.1, 0.15) is 18.6 Å². The Kier molecular flexibility index (Phi) is 3.96. The third-order valence-electron chi connectivity index (χ3n) is 3.47. The highest BCUT2D eigenvalue weighted by Gasteiger charge is 2.09. The third-order valence-corrected chi connectivity index (χ3v) is 3.47. The van der Waals surface area contributed by atoms with Gasteiger partial charge in [0.05, 0.1) is 17.4 Å². The van der Waals surface area contributed by atoms with Crippen LogP contribution in [-0.4, -0.2) is 31.4 Å². The first-order chi connectivity index (χ1) is 10.3. The lowest BCUT2D eigenvalue weighted by molar-refractivity contribution is 0.177. The highest BCUT2D eigenvalue weighted by molar-refractivity contribution is 5.74. The molecule has 0 N–H and O–H groups in total. The first-order valence-corrected chi connectivity index (χ1v) is 7.13. The van der Waals surface area contributed by atoms with Crippen molar-refractivity contribution in [3.8, 4) is 0 Å². The number of fused-ring (bicyclic) bond motifs is 1. The van der Waals surface area contributed by atoms with Crippen molar-refractivity contribution in [1.29, 1.82) is 0 Å². The van der Waals surface area contributed by atoms with Crippen molar-refractivity contribution in [2.75, 3.05) is 7.11 Å². The third kappa shape index (κ3) is 2.80. The average Bonchev–Trinajstić information content (AvgIpc) is 3.09. The molecular weight excluding hydrogens is 266 g/mol. The van der Waals surface area contributed by atoms with Crippen molar-refractivity contribution in [3.63, 3.8) is 0 Å². The van der Waals surface area contributed by atoms with Crippen LogP contribution in [0.3, 0.4) is 0 Å². The second kappa shape index (κ2) is 6.05. The number of methoxy groups -OCH3 is 1. The molecule has 0 saturated heterocycles. The van der Waals surface area contributed by atoms with Gasteiger partial charge < -0.3 is 9.30 Å². The molecule has 0 amide bonds. The number of para-hydroxylation sites is 2. The number of hydrogen-bond donors (Lipinski definition) is 0. The minimum Gasteiger partial charge on any atom is -0.377 e. The molecule has 2 aromatic heterocycles. The van der Waals surface area contributed by atoms with E-state index in [1.54, 1.807) is 7.11 Å². The molecule has 0 aliphatic rings. The molecule has 6 nitrogen and oxygen atoms in total. The summed E-state index contributed by atoms with van der Waals surface area (Å²) in [5.74, 6) is 1.73. The molecule has 2 heterocycles. The van der Waals surface area contributed by atoms with Gasteiger partial charge in [0.2, 0.25) is 0 Å². The summed E-state index contributed by atoms with van der Waals surface area (Å²) in [6.07, 6.45) is 2.71. The van der Waals surface area contributed by atoms with Crippen molar-refractivity contribution in [2.45, 2.75) is 33.0 Å². The minimum atomic E-state index is 0.452. The van der Waals surface area contributed by atoms with Gasteiger partial charge >= 0.3 is 0 Å². The summed E-state index contributed by atoms with van der Waals surface area (Å²) in [5.41, 5.74) is 2.17. The molecule has 3 rings (SSSR count). The van der Waals surface area contributed by atoms with Gasteiger partial charge in [0.25, 0.3) is 0 Å². The number of aryl methyl sites for hydroxylation is 3. The average molecular weight is 285 g/mol. The van der Waals surface area contributed by atoms with Crippen LogP contribution in [0.15, 0.2) is 30.6 Å². The number of nitrogens with zero attached hydrogens (tertiary/aromatic N) is 5. The van der Waals surface area contributed by atoms with Crippen LogP contribution in [0.25, 0.3) is 11.0 Å². The number of rotatable bonds is 6. The number of imidazole rings is 1. The van der Waals surface area contributed by atoms with Gasteiger partial charge in [-0.2, -0.15) is 5.10 Å². The topological polar surface area (TPSA) is 57.8 Å². The van der Waals surface area contributed by atoms with E-state index in [-0.39, 0.29) is 0 Å². The summed E-state index contributed by atoms with van der Waals surface area (Å²) in [5, 5.41) is 4.44. The van der Waals surface area contributed by atoms with Gasteiger partial charge in [-0.3, -0.25) is 0 Å². The molecule has 0 saturated carbocycles. The molecule has 0 unspecified atom stereocenters. The molecule has 110 valence electrons. The first kappa shape index (κ1) is 13.8. The second-order valence-corrected chi connectivity index (χ2v) is 4.87. The van der Waals surface area contributed by atoms with E-state index in [4.69, 9.17) is 4.74 Å². The molecule has 0 bridgehead atoms. The normalized spacial score (nSPS) is 11.3. The molecule has 21 heavy (non-hydrogen) atoms. The van der Waals surface area contributed by atoms with Gasteiger partial charge in [-0.05, 0) is 19.1 Å². The molecule has 0 fully saturated rings. The van der Waals surface area contributed by atoms with Crippen molar-refractivity contribution in [3.05, 3.63) is 42.2 Å². The number of hydrogen-bond acceptors (Lipinski definition) is 4. The van der Waals surface area contributed by atoms with E-state index in [2.05, 4.69) is 32.6 Å². The zero-order valence-electron chi connectivity index (χ0n) is 12.4. The van der Waals surface area contributed by atoms with Crippen molar-refractivity contribution < 1.29 is 4.74 Å². The molecule has 1 aromatic carbocycles. The van der Waals surface area contributed by atoms with Crippen LogP contribution in [0, 0.1) is 0 Å². The largest absolute Gasteiger partial charge is 0.377 e. The lowest BCUT2D eigenvalue weighted by Crippen LogP contribution is -2.08. The fraction of sp³-hybridized carbons (Fsp3) is 0.400. The molecule has 0 radical (unpaired) electrons. The van der Waals surface area contributed by atoms with Gasteiger partial charge in [-0.25, -0.2) is 14.6 Å². The number of benzene rings is 1.